The normalized spacial score (nSPS) is 32.1. The maximum atomic E-state index is 11.8. The molecule has 2 bridgehead atoms. The first-order chi connectivity index (χ1) is 7.33. The number of carbonyl (C=O) groups excluding carboxylic acids is 1. The Bertz CT molecular complexity index is 391. The molecule has 1 heterocycles. The first kappa shape index (κ1) is 8.77. The Labute approximate surface area is 87.7 Å². The molecule has 1 fully saturated rings. The van der Waals surface area contributed by atoms with E-state index in [9.17, 15) is 4.79 Å². The van der Waals surface area contributed by atoms with Crippen molar-refractivity contribution in [3.8, 4) is 5.95 Å². The zero-order valence-electron chi connectivity index (χ0n) is 8.26. The fourth-order valence-corrected chi connectivity index (χ4v) is 2.55. The number of fused-ring (bicyclic) bond motifs is 2. The largest absolute Gasteiger partial charge is 0.434 e. The molecule has 0 amide bonds. The monoisotopic (exact) mass is 204 g/mol. The quantitative estimate of drug-likeness (QED) is 0.548. The number of esters is 1. The first-order valence-corrected chi connectivity index (χ1v) is 5.26. The molecule has 0 N–H and O–H groups in total. The Morgan fingerprint density at radius 3 is 2.93 bits per heavy atom. The topological polar surface area (TPSA) is 39.4 Å². The molecule has 0 saturated heterocycles. The van der Waals surface area contributed by atoms with Gasteiger partial charge in [0.05, 0.1) is 12.2 Å². The van der Waals surface area contributed by atoms with Crippen molar-refractivity contribution >= 4 is 5.97 Å². The summed E-state index contributed by atoms with van der Waals surface area (Å²) in [6.45, 7) is 0. The molecular formula is C12H12O3. The van der Waals surface area contributed by atoms with Crippen molar-refractivity contribution in [2.45, 2.75) is 12.8 Å². The van der Waals surface area contributed by atoms with E-state index in [4.69, 9.17) is 9.15 Å². The third-order valence-electron chi connectivity index (χ3n) is 3.28. The summed E-state index contributed by atoms with van der Waals surface area (Å²) in [5.74, 6) is 1.15. The summed E-state index contributed by atoms with van der Waals surface area (Å²) < 4.78 is 10.1. The van der Waals surface area contributed by atoms with Crippen LogP contribution < -0.4 is 4.74 Å². The van der Waals surface area contributed by atoms with Crippen LogP contribution in [0.15, 0.2) is 35.0 Å². The van der Waals surface area contributed by atoms with E-state index in [1.807, 2.05) is 0 Å². The Balaban J connectivity index is 1.68. The Morgan fingerprint density at radius 1 is 1.40 bits per heavy atom. The predicted molar refractivity (Wildman–Crippen MR) is 53.2 cm³/mol. The molecule has 78 valence electrons. The molecule has 1 aromatic rings. The fraction of sp³-hybridized carbons (Fsp3) is 0.417. The maximum Gasteiger partial charge on any atom is 0.317 e. The molecule has 0 unspecified atom stereocenters. The van der Waals surface area contributed by atoms with Crippen molar-refractivity contribution in [3.63, 3.8) is 0 Å². The lowest BCUT2D eigenvalue weighted by atomic mass is 9.94. The summed E-state index contributed by atoms with van der Waals surface area (Å²) in [6, 6.07) is 3.37. The summed E-state index contributed by atoms with van der Waals surface area (Å²) in [7, 11) is 0. The van der Waals surface area contributed by atoms with E-state index < -0.39 is 0 Å². The summed E-state index contributed by atoms with van der Waals surface area (Å²) in [6.07, 6.45) is 7.89. The number of ether oxygens (including phenoxy) is 1. The lowest BCUT2D eigenvalue weighted by Gasteiger charge is -2.14. The molecular weight excluding hydrogens is 192 g/mol. The van der Waals surface area contributed by atoms with E-state index in [2.05, 4.69) is 12.2 Å². The highest BCUT2D eigenvalue weighted by Crippen LogP contribution is 2.43. The van der Waals surface area contributed by atoms with Gasteiger partial charge in [-0.15, -0.1) is 0 Å². The van der Waals surface area contributed by atoms with E-state index in [1.54, 1.807) is 12.1 Å². The minimum absolute atomic E-state index is 0.0325. The van der Waals surface area contributed by atoms with Crippen LogP contribution in [0.4, 0.5) is 0 Å². The molecule has 1 aromatic heterocycles. The zero-order valence-corrected chi connectivity index (χ0v) is 8.26. The maximum absolute atomic E-state index is 11.8. The molecule has 3 atom stereocenters. The molecule has 0 aliphatic heterocycles. The van der Waals surface area contributed by atoms with Gasteiger partial charge in [0.25, 0.3) is 5.95 Å². The standard InChI is InChI=1S/C12H12O3/c13-12(15-11-2-1-5-14-11)10-7-8-3-4-9(10)6-8/h1-5,8-10H,6-7H2/t8-,9+,10+/m1/s1. The van der Waals surface area contributed by atoms with Gasteiger partial charge in [-0.25, -0.2) is 0 Å². The summed E-state index contributed by atoms with van der Waals surface area (Å²) in [5, 5.41) is 0. The molecule has 2 aliphatic rings. The van der Waals surface area contributed by atoms with Gasteiger partial charge >= 0.3 is 5.97 Å². The minimum atomic E-state index is -0.151. The van der Waals surface area contributed by atoms with Crippen LogP contribution in [0.2, 0.25) is 0 Å². The molecule has 2 aliphatic carbocycles. The van der Waals surface area contributed by atoms with Crippen molar-refractivity contribution in [2.75, 3.05) is 0 Å². The minimum Gasteiger partial charge on any atom is -0.434 e. The van der Waals surface area contributed by atoms with Crippen LogP contribution in [0.25, 0.3) is 0 Å². The van der Waals surface area contributed by atoms with Gasteiger partial charge in [0.2, 0.25) is 0 Å². The molecule has 0 aromatic carbocycles. The SMILES string of the molecule is O=C(Oc1ccco1)[C@H]1C[C@@H]2C=C[C@H]1C2. The van der Waals surface area contributed by atoms with Crippen LogP contribution in [0, 0.1) is 17.8 Å². The summed E-state index contributed by atoms with van der Waals surface area (Å²) in [5.41, 5.74) is 0. The van der Waals surface area contributed by atoms with Gasteiger partial charge in [-0.2, -0.15) is 0 Å². The molecule has 15 heavy (non-hydrogen) atoms. The second kappa shape index (κ2) is 3.26. The van der Waals surface area contributed by atoms with Gasteiger partial charge in [-0.05, 0) is 30.7 Å². The van der Waals surface area contributed by atoms with Crippen LogP contribution in [0.5, 0.6) is 5.95 Å². The van der Waals surface area contributed by atoms with Gasteiger partial charge in [0.15, 0.2) is 0 Å². The van der Waals surface area contributed by atoms with E-state index in [1.165, 1.54) is 6.26 Å². The van der Waals surface area contributed by atoms with Crippen LogP contribution in [0.3, 0.4) is 0 Å². The number of carbonyl (C=O) groups is 1. The number of hydrogen-bond donors (Lipinski definition) is 0. The third-order valence-corrected chi connectivity index (χ3v) is 3.28. The van der Waals surface area contributed by atoms with E-state index in [0.717, 1.165) is 12.8 Å². The molecule has 1 saturated carbocycles. The highest BCUT2D eigenvalue weighted by molar-refractivity contribution is 5.76. The molecule has 3 nitrogen and oxygen atoms in total. The van der Waals surface area contributed by atoms with Crippen molar-refractivity contribution in [3.05, 3.63) is 30.5 Å². The third kappa shape index (κ3) is 1.48. The van der Waals surface area contributed by atoms with Gasteiger partial charge in [-0.3, -0.25) is 4.79 Å². The highest BCUT2D eigenvalue weighted by Gasteiger charge is 2.41. The predicted octanol–water partition coefficient (Wildman–Crippen LogP) is 2.40. The van der Waals surface area contributed by atoms with Crippen LogP contribution >= 0.6 is 0 Å². The molecule has 0 spiro atoms. The summed E-state index contributed by atoms with van der Waals surface area (Å²) >= 11 is 0. The van der Waals surface area contributed by atoms with Crippen molar-refractivity contribution in [1.29, 1.82) is 0 Å². The second-order valence-electron chi connectivity index (χ2n) is 4.24. The zero-order chi connectivity index (χ0) is 10.3. The van der Waals surface area contributed by atoms with Crippen molar-refractivity contribution in [1.82, 2.24) is 0 Å². The van der Waals surface area contributed by atoms with Gasteiger partial charge in [0, 0.05) is 6.07 Å². The number of furan rings is 1. The average molecular weight is 204 g/mol. The van der Waals surface area contributed by atoms with E-state index in [0.29, 0.717) is 17.8 Å². The fourth-order valence-electron chi connectivity index (χ4n) is 2.55. The summed E-state index contributed by atoms with van der Waals surface area (Å²) in [4.78, 5) is 11.8. The highest BCUT2D eigenvalue weighted by atomic mass is 16.6. The van der Waals surface area contributed by atoms with E-state index in [-0.39, 0.29) is 11.9 Å². The van der Waals surface area contributed by atoms with Crippen molar-refractivity contribution < 1.29 is 13.9 Å². The smallest absolute Gasteiger partial charge is 0.317 e. The Morgan fingerprint density at radius 2 is 2.33 bits per heavy atom. The van der Waals surface area contributed by atoms with Gasteiger partial charge in [0.1, 0.15) is 0 Å². The van der Waals surface area contributed by atoms with E-state index >= 15 is 0 Å². The molecule has 0 radical (unpaired) electrons. The lowest BCUT2D eigenvalue weighted by Crippen LogP contribution is -2.23. The molecule has 3 heteroatoms. The number of hydrogen-bond acceptors (Lipinski definition) is 3. The van der Waals surface area contributed by atoms with Gasteiger partial charge < -0.3 is 9.15 Å². The molecule has 3 rings (SSSR count). The van der Waals surface area contributed by atoms with Crippen LogP contribution in [-0.4, -0.2) is 5.97 Å². The Hall–Kier alpha value is -1.51. The van der Waals surface area contributed by atoms with Crippen LogP contribution in [0.1, 0.15) is 12.8 Å². The van der Waals surface area contributed by atoms with Crippen molar-refractivity contribution in [2.24, 2.45) is 17.8 Å². The number of allylic oxidation sites excluding steroid dienone is 2. The first-order valence-electron chi connectivity index (χ1n) is 5.26. The number of rotatable bonds is 2. The second-order valence-corrected chi connectivity index (χ2v) is 4.24. The Kier molecular flexibility index (Phi) is 1.91. The van der Waals surface area contributed by atoms with Gasteiger partial charge in [-0.1, -0.05) is 12.2 Å². The average Bonchev–Trinajstić information content (AvgIpc) is 2.93. The lowest BCUT2D eigenvalue weighted by molar-refractivity contribution is -0.141. The van der Waals surface area contributed by atoms with Crippen LogP contribution in [-0.2, 0) is 4.79 Å².